The molecule has 2 aromatic carbocycles. The fourth-order valence-corrected chi connectivity index (χ4v) is 4.50. The van der Waals surface area contributed by atoms with Gasteiger partial charge < -0.3 is 14.2 Å². The lowest BCUT2D eigenvalue weighted by molar-refractivity contribution is -0.141. The van der Waals surface area contributed by atoms with E-state index in [1.54, 1.807) is 18.2 Å². The Balaban J connectivity index is 1.83. The molecule has 0 amide bonds. The first-order chi connectivity index (χ1) is 18.5. The Morgan fingerprint density at radius 3 is 2.38 bits per heavy atom. The number of thioether (sulfide) groups is 1. The minimum absolute atomic E-state index is 0.0338. The SMILES string of the molecule is COc1ccc(/C=C/C(=O)c2ccc(OC(F)F)c(OC)c2)cc1CSc1nc(C(F)(F)F)cc(C)c1C#N. The summed E-state index contributed by atoms with van der Waals surface area (Å²) in [6, 6.07) is 11.5. The molecule has 1 aromatic heterocycles. The lowest BCUT2D eigenvalue weighted by atomic mass is 10.1. The van der Waals surface area contributed by atoms with E-state index in [0.717, 1.165) is 17.8 Å². The second kappa shape index (κ2) is 12.6. The van der Waals surface area contributed by atoms with Crippen LogP contribution >= 0.6 is 11.8 Å². The minimum atomic E-state index is -4.66. The molecule has 0 unspecified atom stereocenters. The van der Waals surface area contributed by atoms with Crippen molar-refractivity contribution in [3.05, 3.63) is 82.1 Å². The summed E-state index contributed by atoms with van der Waals surface area (Å²) in [5, 5.41) is 9.38. The standard InChI is InChI=1S/C27H21F5N2O4S/c1-15-10-24(27(30,31)32)34-25(19(15)13-33)39-14-18-11-16(5-8-21(18)36-2)4-7-20(35)17-6-9-22(38-26(28)29)23(12-17)37-3/h4-12,26H,14H2,1-3H3/b7-4+. The van der Waals surface area contributed by atoms with Gasteiger partial charge in [0, 0.05) is 16.9 Å². The Morgan fingerprint density at radius 1 is 1.08 bits per heavy atom. The molecule has 0 saturated carbocycles. The third-order valence-corrected chi connectivity index (χ3v) is 6.37. The number of methoxy groups -OCH3 is 2. The molecule has 0 radical (unpaired) electrons. The Morgan fingerprint density at radius 2 is 1.77 bits per heavy atom. The number of pyridine rings is 1. The molecule has 39 heavy (non-hydrogen) atoms. The summed E-state index contributed by atoms with van der Waals surface area (Å²) in [6.45, 7) is -1.64. The average molecular weight is 565 g/mol. The predicted octanol–water partition coefficient (Wildman–Crippen LogP) is 7.09. The van der Waals surface area contributed by atoms with Gasteiger partial charge in [0.2, 0.25) is 0 Å². The summed E-state index contributed by atoms with van der Waals surface area (Å²) in [5.74, 6) is -0.105. The minimum Gasteiger partial charge on any atom is -0.496 e. The van der Waals surface area contributed by atoms with Crippen LogP contribution in [-0.2, 0) is 11.9 Å². The van der Waals surface area contributed by atoms with Crippen LogP contribution < -0.4 is 14.2 Å². The molecule has 1 heterocycles. The number of nitriles is 1. The number of halogens is 5. The first-order valence-electron chi connectivity index (χ1n) is 11.1. The summed E-state index contributed by atoms with van der Waals surface area (Å²) in [7, 11) is 2.69. The van der Waals surface area contributed by atoms with Crippen molar-refractivity contribution in [3.63, 3.8) is 0 Å². The van der Waals surface area contributed by atoms with E-state index in [1.807, 2.05) is 6.07 Å². The molecule has 0 atom stereocenters. The Labute approximate surface area is 225 Å². The molecule has 0 N–H and O–H groups in total. The van der Waals surface area contributed by atoms with Crippen LogP contribution in [0.25, 0.3) is 6.08 Å². The van der Waals surface area contributed by atoms with Crippen LogP contribution in [0.2, 0.25) is 0 Å². The van der Waals surface area contributed by atoms with Crippen molar-refractivity contribution in [2.75, 3.05) is 14.2 Å². The number of nitrogens with zero attached hydrogens (tertiary/aromatic N) is 2. The first kappa shape index (κ1) is 29.4. The number of alkyl halides is 5. The van der Waals surface area contributed by atoms with Crippen molar-refractivity contribution in [1.82, 2.24) is 4.98 Å². The average Bonchev–Trinajstić information content (AvgIpc) is 2.89. The van der Waals surface area contributed by atoms with Crippen molar-refractivity contribution >= 4 is 23.6 Å². The third kappa shape index (κ3) is 7.48. The zero-order chi connectivity index (χ0) is 28.7. The first-order valence-corrected chi connectivity index (χ1v) is 12.1. The zero-order valence-corrected chi connectivity index (χ0v) is 21.6. The summed E-state index contributed by atoms with van der Waals surface area (Å²) >= 11 is 0.954. The monoisotopic (exact) mass is 564 g/mol. The van der Waals surface area contributed by atoms with Crippen LogP contribution in [0.15, 0.2) is 53.6 Å². The molecule has 0 saturated heterocycles. The van der Waals surface area contributed by atoms with Crippen LogP contribution in [0.5, 0.6) is 17.2 Å². The Bertz CT molecular complexity index is 1430. The van der Waals surface area contributed by atoms with Crippen LogP contribution in [0, 0.1) is 18.3 Å². The number of aryl methyl sites for hydroxylation is 1. The summed E-state index contributed by atoms with van der Waals surface area (Å²) < 4.78 is 79.5. The van der Waals surface area contributed by atoms with Gasteiger partial charge in [0.15, 0.2) is 17.3 Å². The summed E-state index contributed by atoms with van der Waals surface area (Å²) in [5.41, 5.74) is 0.466. The lowest BCUT2D eigenvalue weighted by Gasteiger charge is -2.13. The highest BCUT2D eigenvalue weighted by molar-refractivity contribution is 7.98. The number of ketones is 1. The second-order valence-corrected chi connectivity index (χ2v) is 8.88. The van der Waals surface area contributed by atoms with Gasteiger partial charge >= 0.3 is 12.8 Å². The Hall–Kier alpha value is -4.11. The smallest absolute Gasteiger partial charge is 0.433 e. The number of allylic oxidation sites excluding steroid dienone is 1. The highest BCUT2D eigenvalue weighted by atomic mass is 32.2. The van der Waals surface area contributed by atoms with Gasteiger partial charge in [0.25, 0.3) is 0 Å². The number of hydrogen-bond acceptors (Lipinski definition) is 7. The van der Waals surface area contributed by atoms with Crippen LogP contribution in [-0.4, -0.2) is 31.6 Å². The van der Waals surface area contributed by atoms with Crippen molar-refractivity contribution < 1.29 is 41.0 Å². The van der Waals surface area contributed by atoms with Gasteiger partial charge in [-0.1, -0.05) is 12.1 Å². The van der Waals surface area contributed by atoms with Gasteiger partial charge in [-0.15, -0.1) is 11.8 Å². The third-order valence-electron chi connectivity index (χ3n) is 5.35. The molecular formula is C27H21F5N2O4S. The van der Waals surface area contributed by atoms with Crippen LogP contribution in [0.4, 0.5) is 22.0 Å². The molecular weight excluding hydrogens is 543 g/mol. The van der Waals surface area contributed by atoms with Gasteiger partial charge in [-0.25, -0.2) is 4.98 Å². The molecule has 204 valence electrons. The maximum atomic E-state index is 13.3. The number of carbonyl (C=O) groups excluding carboxylic acids is 1. The van der Waals surface area contributed by atoms with E-state index in [2.05, 4.69) is 9.72 Å². The number of carbonyl (C=O) groups is 1. The van der Waals surface area contributed by atoms with E-state index >= 15 is 0 Å². The molecule has 0 bridgehead atoms. The molecule has 0 fully saturated rings. The van der Waals surface area contributed by atoms with E-state index in [0.29, 0.717) is 16.9 Å². The van der Waals surface area contributed by atoms with E-state index in [1.165, 1.54) is 51.5 Å². The number of benzene rings is 2. The number of ether oxygens (including phenoxy) is 3. The topological polar surface area (TPSA) is 81.4 Å². The largest absolute Gasteiger partial charge is 0.496 e. The van der Waals surface area contributed by atoms with E-state index in [9.17, 15) is 32.0 Å². The molecule has 0 aliphatic rings. The van der Waals surface area contributed by atoms with Crippen LogP contribution in [0.1, 0.15) is 38.3 Å². The van der Waals surface area contributed by atoms with Gasteiger partial charge in [0.05, 0.1) is 19.8 Å². The van der Waals surface area contributed by atoms with Gasteiger partial charge in [-0.05, 0) is 60.5 Å². The predicted molar refractivity (Wildman–Crippen MR) is 134 cm³/mol. The molecule has 0 aliphatic heterocycles. The Kier molecular flexibility index (Phi) is 9.53. The van der Waals surface area contributed by atoms with E-state index in [-0.39, 0.29) is 39.0 Å². The summed E-state index contributed by atoms with van der Waals surface area (Å²) in [6.07, 6.45) is -1.88. The van der Waals surface area contributed by atoms with Crippen molar-refractivity contribution in [2.24, 2.45) is 0 Å². The molecule has 0 aliphatic carbocycles. The quantitative estimate of drug-likeness (QED) is 0.113. The van der Waals surface area contributed by atoms with Crippen molar-refractivity contribution in [3.8, 4) is 23.3 Å². The normalized spacial score (nSPS) is 11.5. The van der Waals surface area contributed by atoms with E-state index in [4.69, 9.17) is 9.47 Å². The molecule has 0 spiro atoms. The summed E-state index contributed by atoms with van der Waals surface area (Å²) in [4.78, 5) is 16.3. The zero-order valence-electron chi connectivity index (χ0n) is 20.8. The van der Waals surface area contributed by atoms with Gasteiger partial charge in [-0.2, -0.15) is 27.2 Å². The maximum absolute atomic E-state index is 13.3. The number of rotatable bonds is 10. The lowest BCUT2D eigenvalue weighted by Crippen LogP contribution is -2.10. The molecule has 3 aromatic rings. The highest BCUT2D eigenvalue weighted by Crippen LogP contribution is 2.35. The van der Waals surface area contributed by atoms with Crippen molar-refractivity contribution in [2.45, 2.75) is 30.5 Å². The van der Waals surface area contributed by atoms with E-state index < -0.39 is 24.3 Å². The molecule has 3 rings (SSSR count). The molecule has 6 nitrogen and oxygen atoms in total. The maximum Gasteiger partial charge on any atom is 0.433 e. The fraction of sp³-hybridized carbons (Fsp3) is 0.222. The fourth-order valence-electron chi connectivity index (χ4n) is 3.47. The van der Waals surface area contributed by atoms with Crippen molar-refractivity contribution in [1.29, 1.82) is 5.26 Å². The molecule has 12 heteroatoms. The van der Waals surface area contributed by atoms with Gasteiger partial charge in [0.1, 0.15) is 22.5 Å². The van der Waals surface area contributed by atoms with Gasteiger partial charge in [-0.3, -0.25) is 4.79 Å². The second-order valence-electron chi connectivity index (χ2n) is 7.92. The number of hydrogen-bond donors (Lipinski definition) is 0. The highest BCUT2D eigenvalue weighted by Gasteiger charge is 2.34. The number of aromatic nitrogens is 1. The van der Waals surface area contributed by atoms with Crippen LogP contribution in [0.3, 0.4) is 0 Å².